The molecule has 0 fully saturated rings. The monoisotopic (exact) mass is 660 g/mol. The number of benzene rings is 1. The first-order valence-corrected chi connectivity index (χ1v) is 11.7. The first-order valence-electron chi connectivity index (χ1n) is 11.7. The first kappa shape index (κ1) is 25.9. The Hall–Kier alpha value is -3.18. The van der Waals surface area contributed by atoms with Gasteiger partial charge in [-0.15, -0.1) is 35.5 Å². The Morgan fingerprint density at radius 3 is 2.50 bits per heavy atom. The molecule has 0 saturated heterocycles. The summed E-state index contributed by atoms with van der Waals surface area (Å²) in [5.74, 6) is 2.16. The van der Waals surface area contributed by atoms with Gasteiger partial charge in [-0.25, -0.2) is 9.67 Å². The summed E-state index contributed by atoms with van der Waals surface area (Å²) in [6.07, 6.45) is 9.18. The summed E-state index contributed by atoms with van der Waals surface area (Å²) < 4.78 is 7.98. The van der Waals surface area contributed by atoms with Gasteiger partial charge in [0.15, 0.2) is 5.82 Å². The standard InChI is InChI=1S/C28H29N6O.Pt/c1-19(2)20-11-22(33-10-9-32(6)18-33)14-23(12-20)35-24-15-26-25(30-16-24)17-31-34(26)27-13-21(7-8-29-27)28(3,4)5;/h7-13,16-19H,1-6H3;/q-3;. The molecule has 0 N–H and O–H groups in total. The second kappa shape index (κ2) is 10.1. The molecule has 36 heavy (non-hydrogen) atoms. The van der Waals surface area contributed by atoms with Crippen LogP contribution in [0.25, 0.3) is 16.9 Å². The van der Waals surface area contributed by atoms with Gasteiger partial charge in [-0.2, -0.15) is 11.8 Å². The predicted octanol–water partition coefficient (Wildman–Crippen LogP) is 5.97. The Morgan fingerprint density at radius 1 is 1.00 bits per heavy atom. The maximum Gasteiger partial charge on any atom is 0.151 e. The number of aromatic nitrogens is 4. The Balaban J connectivity index is 0.00000304. The summed E-state index contributed by atoms with van der Waals surface area (Å²) in [5, 5.41) is 4.52. The van der Waals surface area contributed by atoms with Gasteiger partial charge in [-0.05, 0) is 65.7 Å². The van der Waals surface area contributed by atoms with Gasteiger partial charge in [0.1, 0.15) is 0 Å². The van der Waals surface area contributed by atoms with Gasteiger partial charge in [0.05, 0.1) is 0 Å². The van der Waals surface area contributed by atoms with Crippen molar-refractivity contribution in [3.63, 3.8) is 0 Å². The fourth-order valence-electron chi connectivity index (χ4n) is 3.84. The third-order valence-corrected chi connectivity index (χ3v) is 5.93. The van der Waals surface area contributed by atoms with Gasteiger partial charge in [-0.1, -0.05) is 34.6 Å². The molecule has 1 aliphatic rings. The molecule has 5 rings (SSSR count). The second-order valence-corrected chi connectivity index (χ2v) is 10.1. The van der Waals surface area contributed by atoms with E-state index in [0.717, 1.165) is 22.6 Å². The van der Waals surface area contributed by atoms with Crippen LogP contribution in [0.2, 0.25) is 0 Å². The van der Waals surface area contributed by atoms with Crippen LogP contribution in [0.15, 0.2) is 55.3 Å². The van der Waals surface area contributed by atoms with E-state index < -0.39 is 0 Å². The first-order chi connectivity index (χ1) is 16.7. The van der Waals surface area contributed by atoms with Crippen LogP contribution in [0.4, 0.5) is 5.69 Å². The molecule has 1 aliphatic heterocycles. The van der Waals surface area contributed by atoms with Gasteiger partial charge in [0, 0.05) is 45.0 Å². The van der Waals surface area contributed by atoms with Crippen LogP contribution in [0.5, 0.6) is 11.5 Å². The molecule has 0 radical (unpaired) electrons. The molecule has 0 atom stereocenters. The molecule has 0 bridgehead atoms. The molecule has 0 spiro atoms. The summed E-state index contributed by atoms with van der Waals surface area (Å²) in [5.41, 5.74) is 4.68. The van der Waals surface area contributed by atoms with Crippen LogP contribution in [0.3, 0.4) is 0 Å². The number of rotatable bonds is 5. The number of fused-ring (bicyclic) bond motifs is 1. The average molecular weight is 661 g/mol. The van der Waals surface area contributed by atoms with Gasteiger partial charge in [0.2, 0.25) is 0 Å². The zero-order valence-corrected chi connectivity index (χ0v) is 23.5. The van der Waals surface area contributed by atoms with Crippen LogP contribution in [0, 0.1) is 18.8 Å². The number of hydrogen-bond acceptors (Lipinski definition) is 6. The molecule has 0 amide bonds. The van der Waals surface area contributed by atoms with Gasteiger partial charge in [-0.3, -0.25) is 0 Å². The predicted molar refractivity (Wildman–Crippen MR) is 137 cm³/mol. The van der Waals surface area contributed by atoms with Crippen molar-refractivity contribution in [2.24, 2.45) is 0 Å². The average Bonchev–Trinajstić information content (AvgIpc) is 3.44. The van der Waals surface area contributed by atoms with E-state index in [4.69, 9.17) is 4.74 Å². The summed E-state index contributed by atoms with van der Waals surface area (Å²) in [6.45, 7) is 12.9. The molecule has 7 nitrogen and oxygen atoms in total. The summed E-state index contributed by atoms with van der Waals surface area (Å²) in [6, 6.07) is 14.9. The molecule has 0 saturated carbocycles. The van der Waals surface area contributed by atoms with E-state index in [1.165, 1.54) is 5.56 Å². The van der Waals surface area contributed by atoms with Crippen LogP contribution in [-0.2, 0) is 26.5 Å². The zero-order chi connectivity index (χ0) is 24.7. The summed E-state index contributed by atoms with van der Waals surface area (Å²) in [7, 11) is 1.99. The van der Waals surface area contributed by atoms with Crippen molar-refractivity contribution in [2.45, 2.75) is 46.0 Å². The van der Waals surface area contributed by atoms with E-state index in [0.29, 0.717) is 22.9 Å². The fourth-order valence-corrected chi connectivity index (χ4v) is 3.84. The molecular weight excluding hydrogens is 631 g/mol. The van der Waals surface area contributed by atoms with Crippen molar-refractivity contribution < 1.29 is 25.8 Å². The van der Waals surface area contributed by atoms with Crippen LogP contribution in [0.1, 0.15) is 51.7 Å². The minimum Gasteiger partial charge on any atom is -0.510 e. The van der Waals surface area contributed by atoms with Crippen molar-refractivity contribution in [1.29, 1.82) is 0 Å². The maximum absolute atomic E-state index is 6.23. The minimum absolute atomic E-state index is 0. The van der Waals surface area contributed by atoms with E-state index in [2.05, 4.69) is 74.0 Å². The van der Waals surface area contributed by atoms with E-state index in [-0.39, 0.29) is 26.5 Å². The van der Waals surface area contributed by atoms with Crippen molar-refractivity contribution >= 4 is 16.7 Å². The van der Waals surface area contributed by atoms with Crippen molar-refractivity contribution in [2.75, 3.05) is 11.9 Å². The van der Waals surface area contributed by atoms with Crippen LogP contribution in [-0.4, -0.2) is 31.7 Å². The quantitative estimate of drug-likeness (QED) is 0.246. The Kier molecular flexibility index (Phi) is 7.23. The summed E-state index contributed by atoms with van der Waals surface area (Å²) >= 11 is 0. The normalized spacial score (nSPS) is 13.5. The van der Waals surface area contributed by atoms with E-state index >= 15 is 0 Å². The van der Waals surface area contributed by atoms with Crippen LogP contribution < -0.4 is 9.64 Å². The molecule has 4 aromatic rings. The van der Waals surface area contributed by atoms with Gasteiger partial charge < -0.3 is 19.5 Å². The maximum atomic E-state index is 6.23. The third kappa shape index (κ3) is 5.31. The third-order valence-electron chi connectivity index (χ3n) is 5.93. The molecular formula is C28H29N6OPt-3. The number of nitrogens with zero attached hydrogens (tertiary/aromatic N) is 6. The number of anilines is 1. The minimum atomic E-state index is 0. The smallest absolute Gasteiger partial charge is 0.151 e. The van der Waals surface area contributed by atoms with Gasteiger partial charge >= 0.3 is 0 Å². The Morgan fingerprint density at radius 2 is 1.81 bits per heavy atom. The Bertz CT molecular complexity index is 1400. The van der Waals surface area contributed by atoms with Gasteiger partial charge in [0.25, 0.3) is 0 Å². The van der Waals surface area contributed by atoms with E-state index in [1.807, 2.05) is 54.2 Å². The Labute approximate surface area is 227 Å². The number of hydrogen-bond donors (Lipinski definition) is 0. The van der Waals surface area contributed by atoms with Crippen molar-refractivity contribution in [3.05, 3.63) is 85.2 Å². The van der Waals surface area contributed by atoms with E-state index in [9.17, 15) is 0 Å². The molecule has 3 aromatic heterocycles. The van der Waals surface area contributed by atoms with E-state index in [1.54, 1.807) is 17.1 Å². The topological polar surface area (TPSA) is 59.3 Å². The molecule has 0 unspecified atom stereocenters. The number of pyridine rings is 2. The van der Waals surface area contributed by atoms with Crippen molar-refractivity contribution in [1.82, 2.24) is 24.6 Å². The SMILES string of the molecule is CC(C)c1cc(Oc2[c-]c3c(cnn3-c3cc(C(C)(C)C)ccn3)nc2)[c-]c(N2C=CN(C)[CH-]2)c1.[Pt]. The van der Waals surface area contributed by atoms with Crippen LogP contribution >= 0.6 is 0 Å². The molecule has 4 heterocycles. The molecule has 0 aliphatic carbocycles. The second-order valence-electron chi connectivity index (χ2n) is 10.1. The molecule has 1 aromatic carbocycles. The van der Waals surface area contributed by atoms with Crippen molar-refractivity contribution in [3.8, 4) is 17.3 Å². The zero-order valence-electron chi connectivity index (χ0n) is 21.3. The largest absolute Gasteiger partial charge is 0.510 e. The molecule has 190 valence electrons. The number of ether oxygens (including phenoxy) is 1. The fraction of sp³-hybridized carbons (Fsp3) is 0.286. The molecule has 8 heteroatoms. The summed E-state index contributed by atoms with van der Waals surface area (Å²) in [4.78, 5) is 13.1.